The molecule has 0 amide bonds. The van der Waals surface area contributed by atoms with Crippen molar-refractivity contribution in [3.63, 3.8) is 0 Å². The number of hydrogen-bond donors (Lipinski definition) is 1. The Labute approximate surface area is 117 Å². The lowest BCUT2D eigenvalue weighted by Crippen LogP contribution is -2.19. The zero-order chi connectivity index (χ0) is 14.5. The van der Waals surface area contributed by atoms with Gasteiger partial charge in [-0.15, -0.1) is 0 Å². The van der Waals surface area contributed by atoms with Crippen LogP contribution in [0.3, 0.4) is 0 Å². The number of rotatable bonds is 5. The fourth-order valence-corrected chi connectivity index (χ4v) is 2.17. The van der Waals surface area contributed by atoms with E-state index in [4.69, 9.17) is 0 Å². The number of carboxylic acids is 1. The van der Waals surface area contributed by atoms with Crippen molar-refractivity contribution in [2.75, 3.05) is 0 Å². The summed E-state index contributed by atoms with van der Waals surface area (Å²) in [6.45, 7) is 1.92. The Morgan fingerprint density at radius 1 is 1.20 bits per heavy atom. The molecule has 1 atom stereocenters. The number of hydrogen-bond acceptors (Lipinski definition) is 2. The Bertz CT molecular complexity index is 596. The number of carbonyl (C=O) groups is 1. The molecule has 1 unspecified atom stereocenters. The average Bonchev–Trinajstić information content (AvgIpc) is 2.40. The van der Waals surface area contributed by atoms with Crippen molar-refractivity contribution in [2.24, 2.45) is 5.92 Å². The molecular formula is C16H16FNO2. The highest BCUT2D eigenvalue weighted by Gasteiger charge is 2.19. The number of halogens is 1. The van der Waals surface area contributed by atoms with E-state index in [-0.39, 0.29) is 5.82 Å². The minimum absolute atomic E-state index is 0.316. The van der Waals surface area contributed by atoms with Crippen LogP contribution in [-0.4, -0.2) is 16.1 Å². The van der Waals surface area contributed by atoms with Crippen LogP contribution in [0.1, 0.15) is 16.7 Å². The first-order valence-corrected chi connectivity index (χ1v) is 6.42. The summed E-state index contributed by atoms with van der Waals surface area (Å²) in [6.07, 6.45) is 4.22. The number of carboxylic acid groups (broad SMARTS) is 1. The molecule has 1 heterocycles. The Hall–Kier alpha value is -2.23. The third-order valence-corrected chi connectivity index (χ3v) is 3.16. The monoisotopic (exact) mass is 273 g/mol. The van der Waals surface area contributed by atoms with Crippen LogP contribution in [0.5, 0.6) is 0 Å². The fraction of sp³-hybridized carbons (Fsp3) is 0.250. The largest absolute Gasteiger partial charge is 0.481 e. The van der Waals surface area contributed by atoms with Gasteiger partial charge in [-0.25, -0.2) is 4.39 Å². The second-order valence-electron chi connectivity index (χ2n) is 4.94. The first kappa shape index (κ1) is 14.2. The zero-order valence-corrected chi connectivity index (χ0v) is 11.2. The third-order valence-electron chi connectivity index (χ3n) is 3.16. The summed E-state index contributed by atoms with van der Waals surface area (Å²) in [5.41, 5.74) is 2.73. The van der Waals surface area contributed by atoms with Crippen molar-refractivity contribution < 1.29 is 14.3 Å². The quantitative estimate of drug-likeness (QED) is 0.911. The molecule has 3 nitrogen and oxygen atoms in total. The molecule has 1 N–H and O–H groups in total. The van der Waals surface area contributed by atoms with Gasteiger partial charge in [0.15, 0.2) is 0 Å². The van der Waals surface area contributed by atoms with E-state index in [1.165, 1.54) is 12.1 Å². The van der Waals surface area contributed by atoms with Gasteiger partial charge in [0, 0.05) is 12.4 Å². The van der Waals surface area contributed by atoms with E-state index < -0.39 is 11.9 Å². The highest BCUT2D eigenvalue weighted by molar-refractivity contribution is 5.70. The number of aromatic nitrogens is 1. The van der Waals surface area contributed by atoms with Crippen LogP contribution >= 0.6 is 0 Å². The van der Waals surface area contributed by atoms with Crippen LogP contribution in [-0.2, 0) is 17.6 Å². The topological polar surface area (TPSA) is 50.2 Å². The molecule has 2 aromatic rings. The second kappa shape index (κ2) is 6.28. The lowest BCUT2D eigenvalue weighted by Gasteiger charge is -2.12. The first-order chi connectivity index (χ1) is 9.54. The molecule has 20 heavy (non-hydrogen) atoms. The number of aryl methyl sites for hydroxylation is 1. The summed E-state index contributed by atoms with van der Waals surface area (Å²) < 4.78 is 12.8. The Balaban J connectivity index is 2.11. The van der Waals surface area contributed by atoms with Crippen LogP contribution in [0.4, 0.5) is 4.39 Å². The standard InChI is InChI=1S/C16H16FNO2/c1-11-6-13(10-18-9-11)8-14(16(19)20)7-12-2-4-15(17)5-3-12/h2-6,9-10,14H,7-8H2,1H3,(H,19,20). The molecule has 0 aliphatic heterocycles. The van der Waals surface area contributed by atoms with Crippen LogP contribution in [0.2, 0.25) is 0 Å². The normalized spacial score (nSPS) is 12.1. The van der Waals surface area contributed by atoms with Crippen LogP contribution in [0.25, 0.3) is 0 Å². The molecular weight excluding hydrogens is 257 g/mol. The van der Waals surface area contributed by atoms with Gasteiger partial charge >= 0.3 is 5.97 Å². The number of benzene rings is 1. The van der Waals surface area contributed by atoms with Gasteiger partial charge < -0.3 is 5.11 Å². The molecule has 0 spiro atoms. The van der Waals surface area contributed by atoms with Crippen molar-refractivity contribution in [3.05, 3.63) is 65.2 Å². The molecule has 0 bridgehead atoms. The molecule has 0 saturated carbocycles. The van der Waals surface area contributed by atoms with E-state index in [1.54, 1.807) is 24.5 Å². The summed E-state index contributed by atoms with van der Waals surface area (Å²) in [4.78, 5) is 15.4. The van der Waals surface area contributed by atoms with E-state index in [9.17, 15) is 14.3 Å². The SMILES string of the molecule is Cc1cncc(CC(Cc2ccc(F)cc2)C(=O)O)c1. The Morgan fingerprint density at radius 3 is 2.45 bits per heavy atom. The molecule has 0 fully saturated rings. The van der Waals surface area contributed by atoms with Crippen molar-refractivity contribution in [3.8, 4) is 0 Å². The van der Waals surface area contributed by atoms with Crippen molar-refractivity contribution in [1.29, 1.82) is 0 Å². The molecule has 0 aliphatic rings. The van der Waals surface area contributed by atoms with Crippen molar-refractivity contribution in [1.82, 2.24) is 4.98 Å². The van der Waals surface area contributed by atoms with Crippen LogP contribution < -0.4 is 0 Å². The molecule has 0 aliphatic carbocycles. The minimum atomic E-state index is -0.851. The van der Waals surface area contributed by atoms with E-state index >= 15 is 0 Å². The van der Waals surface area contributed by atoms with Gasteiger partial charge in [-0.05, 0) is 48.6 Å². The first-order valence-electron chi connectivity index (χ1n) is 6.42. The predicted octanol–water partition coefficient (Wildman–Crippen LogP) is 3.02. The van der Waals surface area contributed by atoms with Crippen LogP contribution in [0.15, 0.2) is 42.7 Å². The van der Waals surface area contributed by atoms with Crippen LogP contribution in [0, 0.1) is 18.7 Å². The highest BCUT2D eigenvalue weighted by Crippen LogP contribution is 2.16. The molecule has 2 rings (SSSR count). The van der Waals surface area contributed by atoms with E-state index in [0.717, 1.165) is 16.7 Å². The van der Waals surface area contributed by atoms with E-state index in [0.29, 0.717) is 12.8 Å². The summed E-state index contributed by atoms with van der Waals surface area (Å²) in [5, 5.41) is 9.33. The van der Waals surface area contributed by atoms with Gasteiger partial charge in [0.1, 0.15) is 5.82 Å². The third kappa shape index (κ3) is 3.88. The number of nitrogens with zero attached hydrogens (tertiary/aromatic N) is 1. The van der Waals surface area contributed by atoms with Crippen molar-refractivity contribution in [2.45, 2.75) is 19.8 Å². The summed E-state index contributed by atoms with van der Waals surface area (Å²) in [5.74, 6) is -1.71. The summed E-state index contributed by atoms with van der Waals surface area (Å²) >= 11 is 0. The maximum atomic E-state index is 12.8. The maximum Gasteiger partial charge on any atom is 0.307 e. The summed E-state index contributed by atoms with van der Waals surface area (Å²) in [6, 6.07) is 7.89. The van der Waals surface area contributed by atoms with Gasteiger partial charge in [-0.2, -0.15) is 0 Å². The second-order valence-corrected chi connectivity index (χ2v) is 4.94. The fourth-order valence-electron chi connectivity index (χ4n) is 2.17. The lowest BCUT2D eigenvalue weighted by molar-refractivity contribution is -0.141. The maximum absolute atomic E-state index is 12.8. The van der Waals surface area contributed by atoms with E-state index in [2.05, 4.69) is 4.98 Å². The highest BCUT2D eigenvalue weighted by atomic mass is 19.1. The average molecular weight is 273 g/mol. The molecule has 4 heteroatoms. The molecule has 104 valence electrons. The number of aliphatic carboxylic acids is 1. The number of pyridine rings is 1. The Kier molecular flexibility index (Phi) is 4.45. The van der Waals surface area contributed by atoms with Gasteiger partial charge in [0.2, 0.25) is 0 Å². The minimum Gasteiger partial charge on any atom is -0.481 e. The molecule has 0 saturated heterocycles. The molecule has 1 aromatic carbocycles. The zero-order valence-electron chi connectivity index (χ0n) is 11.2. The predicted molar refractivity (Wildman–Crippen MR) is 73.9 cm³/mol. The van der Waals surface area contributed by atoms with Gasteiger partial charge in [0.25, 0.3) is 0 Å². The summed E-state index contributed by atoms with van der Waals surface area (Å²) in [7, 11) is 0. The smallest absolute Gasteiger partial charge is 0.307 e. The van der Waals surface area contributed by atoms with Crippen molar-refractivity contribution >= 4 is 5.97 Å². The Morgan fingerprint density at radius 2 is 1.85 bits per heavy atom. The molecule has 1 aromatic heterocycles. The van der Waals surface area contributed by atoms with Gasteiger partial charge in [0.05, 0.1) is 5.92 Å². The van der Waals surface area contributed by atoms with Gasteiger partial charge in [-0.3, -0.25) is 9.78 Å². The van der Waals surface area contributed by atoms with E-state index in [1.807, 2.05) is 13.0 Å². The lowest BCUT2D eigenvalue weighted by atomic mass is 9.93. The molecule has 0 radical (unpaired) electrons. The van der Waals surface area contributed by atoms with Gasteiger partial charge in [-0.1, -0.05) is 18.2 Å².